The highest BCUT2D eigenvalue weighted by Crippen LogP contribution is 2.31. The Bertz CT molecular complexity index is 1220. The zero-order valence-electron chi connectivity index (χ0n) is 15.8. The summed E-state index contributed by atoms with van der Waals surface area (Å²) in [6.07, 6.45) is 1.45. The van der Waals surface area contributed by atoms with E-state index in [0.717, 1.165) is 4.57 Å². The van der Waals surface area contributed by atoms with Crippen molar-refractivity contribution in [3.05, 3.63) is 69.0 Å². The predicted molar refractivity (Wildman–Crippen MR) is 103 cm³/mol. The molecule has 2 heterocycles. The second kappa shape index (κ2) is 7.15. The number of ether oxygens (including phenoxy) is 1. The van der Waals surface area contributed by atoms with Crippen LogP contribution in [-0.2, 0) is 18.8 Å². The monoisotopic (exact) mass is 382 g/mol. The van der Waals surface area contributed by atoms with Crippen molar-refractivity contribution in [3.8, 4) is 16.9 Å². The Morgan fingerprint density at radius 2 is 1.86 bits per heavy atom. The first-order chi connectivity index (χ1) is 13.3. The lowest BCUT2D eigenvalue weighted by Crippen LogP contribution is -2.40. The van der Waals surface area contributed by atoms with E-state index < -0.39 is 17.2 Å². The van der Waals surface area contributed by atoms with Crippen molar-refractivity contribution in [2.24, 2.45) is 14.1 Å². The van der Waals surface area contributed by atoms with Gasteiger partial charge in [0.05, 0.1) is 7.05 Å². The molecule has 0 aliphatic carbocycles. The third-order valence-corrected chi connectivity index (χ3v) is 4.54. The van der Waals surface area contributed by atoms with Crippen molar-refractivity contribution in [3.63, 3.8) is 0 Å². The Kier molecular flexibility index (Phi) is 4.87. The molecule has 3 aromatic rings. The van der Waals surface area contributed by atoms with Crippen LogP contribution in [0.1, 0.15) is 16.1 Å². The van der Waals surface area contributed by atoms with Crippen molar-refractivity contribution in [1.29, 1.82) is 0 Å². The van der Waals surface area contributed by atoms with E-state index in [1.54, 1.807) is 19.1 Å². The summed E-state index contributed by atoms with van der Waals surface area (Å²) in [5.74, 6) is -0.585. The van der Waals surface area contributed by atoms with Gasteiger partial charge in [0.2, 0.25) is 0 Å². The smallest absolute Gasteiger partial charge is 0.417 e. The van der Waals surface area contributed by atoms with Crippen LogP contribution < -0.4 is 16.2 Å². The average Bonchev–Trinajstić information content (AvgIpc) is 2.68. The summed E-state index contributed by atoms with van der Waals surface area (Å²) in [4.78, 5) is 41.1. The molecular formula is C20H20N3O5+. The molecule has 0 aliphatic rings. The Morgan fingerprint density at radius 1 is 1.21 bits per heavy atom. The number of phenols is 1. The predicted octanol–water partition coefficient (Wildman–Crippen LogP) is 1.08. The van der Waals surface area contributed by atoms with Gasteiger partial charge in [-0.25, -0.2) is 19.1 Å². The normalized spacial score (nSPS) is 10.8. The largest absolute Gasteiger partial charge is 0.508 e. The zero-order chi connectivity index (χ0) is 20.6. The third-order valence-electron chi connectivity index (χ3n) is 4.54. The van der Waals surface area contributed by atoms with Gasteiger partial charge in [-0.05, 0) is 24.6 Å². The molecule has 8 nitrogen and oxygen atoms in total. The van der Waals surface area contributed by atoms with Gasteiger partial charge >= 0.3 is 11.7 Å². The van der Waals surface area contributed by atoms with Crippen molar-refractivity contribution >= 4 is 17.0 Å². The SMILES string of the molecule is C=CCOC(=O)c1c(C)[nH+]c2c(c1-c1ccc(O)cc1)c(=O)n(C)c(=O)n2C. The minimum absolute atomic E-state index is 0.0105. The average molecular weight is 382 g/mol. The van der Waals surface area contributed by atoms with Crippen LogP contribution in [0.2, 0.25) is 0 Å². The van der Waals surface area contributed by atoms with Crippen molar-refractivity contribution in [2.45, 2.75) is 6.92 Å². The standard InChI is InChI=1S/C20H19N3O5/c1-5-10-28-19(26)14-11(2)21-17-16(18(25)23(4)20(27)22(17)3)15(14)12-6-8-13(24)9-7-12/h5-9,24H,1,10H2,2-4H3/p+1. The fourth-order valence-electron chi connectivity index (χ4n) is 3.15. The molecule has 0 aliphatic heterocycles. The fraction of sp³-hybridized carbons (Fsp3) is 0.200. The maximum atomic E-state index is 13.0. The molecule has 3 rings (SSSR count). The molecule has 28 heavy (non-hydrogen) atoms. The highest BCUT2D eigenvalue weighted by molar-refractivity contribution is 6.05. The molecule has 0 amide bonds. The molecule has 2 N–H and O–H groups in total. The van der Waals surface area contributed by atoms with Crippen molar-refractivity contribution < 1.29 is 19.6 Å². The van der Waals surface area contributed by atoms with Crippen molar-refractivity contribution in [1.82, 2.24) is 9.13 Å². The lowest BCUT2D eigenvalue weighted by Gasteiger charge is -2.13. The molecular weight excluding hydrogens is 362 g/mol. The van der Waals surface area contributed by atoms with Gasteiger partial charge in [0.25, 0.3) is 11.2 Å². The fourth-order valence-corrected chi connectivity index (χ4v) is 3.15. The van der Waals surface area contributed by atoms with E-state index in [2.05, 4.69) is 11.6 Å². The maximum Gasteiger partial charge on any atom is 0.417 e. The Hall–Kier alpha value is -3.68. The van der Waals surface area contributed by atoms with Crippen LogP contribution in [0.3, 0.4) is 0 Å². The van der Waals surface area contributed by atoms with Crippen LogP contribution in [0.5, 0.6) is 5.75 Å². The van der Waals surface area contributed by atoms with Crippen LogP contribution in [-0.4, -0.2) is 26.8 Å². The minimum Gasteiger partial charge on any atom is -0.508 e. The Labute approximate surface area is 160 Å². The first-order valence-corrected chi connectivity index (χ1v) is 8.51. The van der Waals surface area contributed by atoms with Crippen LogP contribution in [0, 0.1) is 6.92 Å². The molecule has 0 saturated carbocycles. The third kappa shape index (κ3) is 2.98. The first kappa shape index (κ1) is 19.1. The zero-order valence-corrected chi connectivity index (χ0v) is 15.8. The maximum absolute atomic E-state index is 13.0. The number of aromatic amines is 1. The number of phenolic OH excluding ortho intramolecular Hbond substituents is 1. The van der Waals surface area contributed by atoms with Crippen molar-refractivity contribution in [2.75, 3.05) is 6.61 Å². The molecule has 0 atom stereocenters. The molecule has 144 valence electrons. The number of benzene rings is 1. The van der Waals surface area contributed by atoms with Gasteiger partial charge in [0, 0.05) is 12.6 Å². The number of aryl methyl sites for hydroxylation is 2. The van der Waals surface area contributed by atoms with Crippen LogP contribution in [0.4, 0.5) is 0 Å². The summed E-state index contributed by atoms with van der Waals surface area (Å²) >= 11 is 0. The molecule has 2 aromatic heterocycles. The quantitative estimate of drug-likeness (QED) is 0.537. The highest BCUT2D eigenvalue weighted by Gasteiger charge is 2.28. The molecule has 0 saturated heterocycles. The number of hydrogen-bond donors (Lipinski definition) is 1. The van der Waals surface area contributed by atoms with Gasteiger partial charge in [-0.15, -0.1) is 0 Å². The van der Waals surface area contributed by atoms with Gasteiger partial charge in [-0.1, -0.05) is 24.8 Å². The first-order valence-electron chi connectivity index (χ1n) is 8.51. The lowest BCUT2D eigenvalue weighted by molar-refractivity contribution is -0.359. The number of aromatic nitrogens is 3. The number of nitrogens with zero attached hydrogens (tertiary/aromatic N) is 2. The molecule has 0 fully saturated rings. The van der Waals surface area contributed by atoms with E-state index in [-0.39, 0.29) is 29.0 Å². The van der Waals surface area contributed by atoms with E-state index in [9.17, 15) is 19.5 Å². The molecule has 0 spiro atoms. The molecule has 0 unspecified atom stereocenters. The van der Waals surface area contributed by atoms with Gasteiger partial charge in [-0.2, -0.15) is 4.57 Å². The number of carbonyl (C=O) groups is 1. The summed E-state index contributed by atoms with van der Waals surface area (Å²) in [6.45, 7) is 5.20. The van der Waals surface area contributed by atoms with E-state index in [4.69, 9.17) is 4.74 Å². The summed E-state index contributed by atoms with van der Waals surface area (Å²) in [7, 11) is 2.91. The highest BCUT2D eigenvalue weighted by atomic mass is 16.5. The number of carbonyl (C=O) groups excluding carboxylic acids is 1. The molecule has 0 radical (unpaired) electrons. The topological polar surface area (TPSA) is 105 Å². The molecule has 1 aromatic carbocycles. The Morgan fingerprint density at radius 3 is 2.46 bits per heavy atom. The number of nitrogens with one attached hydrogen (secondary N) is 1. The van der Waals surface area contributed by atoms with E-state index in [0.29, 0.717) is 16.8 Å². The van der Waals surface area contributed by atoms with Gasteiger partial charge in [0.15, 0.2) is 0 Å². The second-order valence-corrected chi connectivity index (χ2v) is 6.36. The summed E-state index contributed by atoms with van der Waals surface area (Å²) in [5, 5.41) is 9.80. The van der Waals surface area contributed by atoms with E-state index in [1.807, 2.05) is 0 Å². The molecule has 8 heteroatoms. The second-order valence-electron chi connectivity index (χ2n) is 6.36. The van der Waals surface area contributed by atoms with E-state index >= 15 is 0 Å². The van der Waals surface area contributed by atoms with E-state index in [1.165, 1.54) is 36.9 Å². The lowest BCUT2D eigenvalue weighted by atomic mass is 9.95. The number of H-pyrrole nitrogens is 1. The van der Waals surface area contributed by atoms with Gasteiger partial charge in [0.1, 0.15) is 29.0 Å². The number of pyridine rings is 1. The molecule has 0 bridgehead atoms. The van der Waals surface area contributed by atoms with Crippen LogP contribution >= 0.6 is 0 Å². The number of esters is 1. The number of rotatable bonds is 4. The summed E-state index contributed by atoms with van der Waals surface area (Å²) in [6, 6.07) is 6.10. The van der Waals surface area contributed by atoms with Gasteiger partial charge in [-0.3, -0.25) is 4.79 Å². The van der Waals surface area contributed by atoms with Crippen LogP contribution in [0.15, 0.2) is 46.5 Å². The Balaban J connectivity index is 2.54. The number of fused-ring (bicyclic) bond motifs is 1. The number of hydrogen-bond acceptors (Lipinski definition) is 5. The number of aromatic hydroxyl groups is 1. The summed E-state index contributed by atoms with van der Waals surface area (Å²) in [5.41, 5.74) is 0.720. The van der Waals surface area contributed by atoms with Gasteiger partial charge < -0.3 is 9.84 Å². The summed E-state index contributed by atoms with van der Waals surface area (Å²) < 4.78 is 7.51. The van der Waals surface area contributed by atoms with Crippen LogP contribution in [0.25, 0.3) is 22.2 Å². The minimum atomic E-state index is -0.630.